The van der Waals surface area contributed by atoms with Gasteiger partial charge in [0.05, 0.1) is 18.1 Å². The number of nitriles is 1. The highest BCUT2D eigenvalue weighted by Crippen LogP contribution is 2.11. The van der Waals surface area contributed by atoms with Crippen molar-refractivity contribution in [3.05, 3.63) is 70.8 Å². The van der Waals surface area contributed by atoms with Crippen molar-refractivity contribution in [3.8, 4) is 6.07 Å². The van der Waals surface area contributed by atoms with Crippen LogP contribution in [-0.4, -0.2) is 17.9 Å². The van der Waals surface area contributed by atoms with Crippen LogP contribution in [-0.2, 0) is 22.4 Å². The topological polar surface area (TPSA) is 96.0 Å². The van der Waals surface area contributed by atoms with Crippen LogP contribution in [0.15, 0.2) is 42.5 Å². The van der Waals surface area contributed by atoms with Crippen molar-refractivity contribution >= 4 is 11.8 Å². The molecule has 0 aliphatic rings. The van der Waals surface area contributed by atoms with Gasteiger partial charge in [-0.05, 0) is 29.3 Å². The molecule has 0 radical (unpaired) electrons. The first kappa shape index (κ1) is 18.1. The maximum Gasteiger partial charge on any atom is 0.240 e. The molecule has 0 heterocycles. The number of carbonyl (C=O) groups is 2. The number of primary amides is 1. The van der Waals surface area contributed by atoms with Gasteiger partial charge in [-0.3, -0.25) is 9.59 Å². The van der Waals surface area contributed by atoms with Gasteiger partial charge in [-0.1, -0.05) is 18.2 Å². The molecule has 2 aromatic rings. The van der Waals surface area contributed by atoms with E-state index in [9.17, 15) is 18.4 Å². The predicted molar refractivity (Wildman–Crippen MR) is 86.0 cm³/mol. The van der Waals surface area contributed by atoms with Crippen LogP contribution in [0.2, 0.25) is 0 Å². The summed E-state index contributed by atoms with van der Waals surface area (Å²) in [5.74, 6) is -2.97. The van der Waals surface area contributed by atoms with Crippen LogP contribution in [0.25, 0.3) is 0 Å². The molecule has 0 fully saturated rings. The fourth-order valence-corrected chi connectivity index (χ4v) is 2.39. The molecule has 2 amide bonds. The molecule has 0 aromatic heterocycles. The summed E-state index contributed by atoms with van der Waals surface area (Å²) in [6.45, 7) is 0. The highest BCUT2D eigenvalue weighted by molar-refractivity contribution is 5.87. The number of hydrogen-bond donors (Lipinski definition) is 2. The summed E-state index contributed by atoms with van der Waals surface area (Å²) in [6, 6.07) is 10.3. The van der Waals surface area contributed by atoms with Crippen LogP contribution in [0.5, 0.6) is 0 Å². The Morgan fingerprint density at radius 2 is 1.80 bits per heavy atom. The van der Waals surface area contributed by atoms with Gasteiger partial charge in [0.25, 0.3) is 0 Å². The fraction of sp³-hybridized carbons (Fsp3) is 0.167. The lowest BCUT2D eigenvalue weighted by molar-refractivity contribution is -0.127. The molecule has 2 aromatic carbocycles. The minimum Gasteiger partial charge on any atom is -0.368 e. The molecule has 0 saturated heterocycles. The third-order valence-electron chi connectivity index (χ3n) is 3.53. The van der Waals surface area contributed by atoms with Crippen LogP contribution in [0.4, 0.5) is 8.78 Å². The normalized spacial score (nSPS) is 11.4. The van der Waals surface area contributed by atoms with Gasteiger partial charge in [-0.25, -0.2) is 8.78 Å². The summed E-state index contributed by atoms with van der Waals surface area (Å²) in [5.41, 5.74) is 6.38. The first-order chi connectivity index (χ1) is 11.9. The largest absolute Gasteiger partial charge is 0.368 e. The Balaban J connectivity index is 2.09. The second kappa shape index (κ2) is 8.02. The SMILES string of the molecule is N#Cc1ccccc1C[C@H](NC(=O)Cc1cc(F)cc(F)c1)C(N)=O. The predicted octanol–water partition coefficient (Wildman–Crippen LogP) is 1.59. The van der Waals surface area contributed by atoms with E-state index in [4.69, 9.17) is 11.0 Å². The van der Waals surface area contributed by atoms with E-state index in [1.54, 1.807) is 24.3 Å². The first-order valence-electron chi connectivity index (χ1n) is 7.40. The molecule has 1 atom stereocenters. The molecule has 2 rings (SSSR count). The Morgan fingerprint density at radius 3 is 2.40 bits per heavy atom. The molecule has 128 valence electrons. The first-order valence-corrected chi connectivity index (χ1v) is 7.40. The summed E-state index contributed by atoms with van der Waals surface area (Å²) in [4.78, 5) is 23.7. The van der Waals surface area contributed by atoms with E-state index in [2.05, 4.69) is 5.32 Å². The fourth-order valence-electron chi connectivity index (χ4n) is 2.39. The highest BCUT2D eigenvalue weighted by atomic mass is 19.1. The van der Waals surface area contributed by atoms with Crippen molar-refractivity contribution < 1.29 is 18.4 Å². The second-order valence-corrected chi connectivity index (χ2v) is 5.45. The summed E-state index contributed by atoms with van der Waals surface area (Å²) >= 11 is 0. The Kier molecular flexibility index (Phi) is 5.79. The number of hydrogen-bond acceptors (Lipinski definition) is 3. The Hall–Kier alpha value is -3.27. The van der Waals surface area contributed by atoms with E-state index in [0.29, 0.717) is 17.2 Å². The average Bonchev–Trinajstić information content (AvgIpc) is 2.53. The lowest BCUT2D eigenvalue weighted by Crippen LogP contribution is -2.46. The van der Waals surface area contributed by atoms with E-state index in [-0.39, 0.29) is 18.4 Å². The molecular weight excluding hydrogens is 328 g/mol. The minimum atomic E-state index is -1.04. The maximum atomic E-state index is 13.2. The van der Waals surface area contributed by atoms with E-state index < -0.39 is 29.5 Å². The van der Waals surface area contributed by atoms with Gasteiger partial charge in [-0.2, -0.15) is 5.26 Å². The van der Waals surface area contributed by atoms with Crippen molar-refractivity contribution in [3.63, 3.8) is 0 Å². The standard InChI is InChI=1S/C18H15F2N3O2/c19-14-5-11(6-15(20)9-14)7-17(24)23-16(18(22)25)8-12-3-1-2-4-13(12)10-21/h1-6,9,16H,7-8H2,(H2,22,25)(H,23,24)/t16-/m0/s1. The molecule has 0 saturated carbocycles. The highest BCUT2D eigenvalue weighted by Gasteiger charge is 2.20. The molecule has 3 N–H and O–H groups in total. The molecule has 7 heteroatoms. The zero-order valence-electron chi connectivity index (χ0n) is 13.1. The molecule has 25 heavy (non-hydrogen) atoms. The van der Waals surface area contributed by atoms with Crippen molar-refractivity contribution in [2.75, 3.05) is 0 Å². The minimum absolute atomic E-state index is 0.0440. The molecule has 0 aliphatic carbocycles. The monoisotopic (exact) mass is 343 g/mol. The molecular formula is C18H15F2N3O2. The number of rotatable bonds is 6. The van der Waals surface area contributed by atoms with Gasteiger partial charge in [0, 0.05) is 12.5 Å². The number of benzene rings is 2. The van der Waals surface area contributed by atoms with Gasteiger partial charge >= 0.3 is 0 Å². The van der Waals surface area contributed by atoms with E-state index in [1.165, 1.54) is 0 Å². The zero-order chi connectivity index (χ0) is 18.4. The second-order valence-electron chi connectivity index (χ2n) is 5.45. The Bertz CT molecular complexity index is 826. The van der Waals surface area contributed by atoms with Gasteiger partial charge in [0.15, 0.2) is 0 Å². The number of amides is 2. The third kappa shape index (κ3) is 5.11. The van der Waals surface area contributed by atoms with Crippen molar-refractivity contribution in [2.45, 2.75) is 18.9 Å². The Morgan fingerprint density at radius 1 is 1.16 bits per heavy atom. The zero-order valence-corrected chi connectivity index (χ0v) is 13.1. The van der Waals surface area contributed by atoms with Crippen LogP contribution >= 0.6 is 0 Å². The number of nitrogens with one attached hydrogen (secondary N) is 1. The smallest absolute Gasteiger partial charge is 0.240 e. The average molecular weight is 343 g/mol. The van der Waals surface area contributed by atoms with E-state index in [1.807, 2.05) is 6.07 Å². The van der Waals surface area contributed by atoms with Gasteiger partial charge in [0.2, 0.25) is 11.8 Å². The number of nitrogens with two attached hydrogens (primary N) is 1. The summed E-state index contributed by atoms with van der Waals surface area (Å²) < 4.78 is 26.3. The van der Waals surface area contributed by atoms with Crippen molar-refractivity contribution in [2.24, 2.45) is 5.73 Å². The van der Waals surface area contributed by atoms with E-state index in [0.717, 1.165) is 12.1 Å². The summed E-state index contributed by atoms with van der Waals surface area (Å²) in [7, 11) is 0. The maximum absolute atomic E-state index is 13.2. The van der Waals surface area contributed by atoms with Gasteiger partial charge < -0.3 is 11.1 Å². The van der Waals surface area contributed by atoms with Crippen LogP contribution in [0.3, 0.4) is 0 Å². The number of carbonyl (C=O) groups excluding carboxylic acids is 2. The molecule has 0 spiro atoms. The molecule has 0 aliphatic heterocycles. The number of nitrogens with zero attached hydrogens (tertiary/aromatic N) is 1. The van der Waals surface area contributed by atoms with Crippen molar-refractivity contribution in [1.82, 2.24) is 5.32 Å². The third-order valence-corrected chi connectivity index (χ3v) is 3.53. The van der Waals surface area contributed by atoms with Crippen molar-refractivity contribution in [1.29, 1.82) is 5.26 Å². The van der Waals surface area contributed by atoms with Crippen LogP contribution in [0.1, 0.15) is 16.7 Å². The summed E-state index contributed by atoms with van der Waals surface area (Å²) in [5, 5.41) is 11.5. The van der Waals surface area contributed by atoms with Crippen LogP contribution in [0, 0.1) is 23.0 Å². The van der Waals surface area contributed by atoms with Crippen LogP contribution < -0.4 is 11.1 Å². The lowest BCUT2D eigenvalue weighted by atomic mass is 10.00. The van der Waals surface area contributed by atoms with E-state index >= 15 is 0 Å². The summed E-state index contributed by atoms with van der Waals surface area (Å²) in [6.07, 6.45) is -0.263. The molecule has 0 unspecified atom stereocenters. The molecule has 5 nitrogen and oxygen atoms in total. The van der Waals surface area contributed by atoms with Gasteiger partial charge in [-0.15, -0.1) is 0 Å². The molecule has 0 bridgehead atoms. The Labute approximate surface area is 143 Å². The van der Waals surface area contributed by atoms with Gasteiger partial charge in [0.1, 0.15) is 17.7 Å². The quantitative estimate of drug-likeness (QED) is 0.834. The lowest BCUT2D eigenvalue weighted by Gasteiger charge is -2.16. The number of halogens is 2.